The predicted molar refractivity (Wildman–Crippen MR) is 79.0 cm³/mol. The first-order valence-electron chi connectivity index (χ1n) is 6.30. The molecular formula is C14H19NO5S. The van der Waals surface area contributed by atoms with Crippen LogP contribution in [0.3, 0.4) is 0 Å². The minimum Gasteiger partial charge on any atom is -0.478 e. The van der Waals surface area contributed by atoms with E-state index in [2.05, 4.69) is 11.3 Å². The summed E-state index contributed by atoms with van der Waals surface area (Å²) in [5, 5.41) is 9.01. The monoisotopic (exact) mass is 313 g/mol. The zero-order valence-electron chi connectivity index (χ0n) is 12.0. The minimum absolute atomic E-state index is 0.0311. The zero-order chi connectivity index (χ0) is 16.0. The highest BCUT2D eigenvalue weighted by atomic mass is 32.2. The Bertz CT molecular complexity index is 637. The second kappa shape index (κ2) is 7.35. The van der Waals surface area contributed by atoms with Gasteiger partial charge in [-0.3, -0.25) is 0 Å². The molecule has 1 rings (SSSR count). The number of carbonyl (C=O) groups is 1. The number of aryl methyl sites for hydroxylation is 1. The number of hydrogen-bond acceptors (Lipinski definition) is 4. The number of benzene rings is 1. The topological polar surface area (TPSA) is 92.7 Å². The Morgan fingerprint density at radius 3 is 2.67 bits per heavy atom. The first-order chi connectivity index (χ1) is 9.74. The molecule has 0 aliphatic rings. The molecule has 0 heterocycles. The molecule has 0 radical (unpaired) electrons. The first-order valence-corrected chi connectivity index (χ1v) is 7.78. The number of nitrogens with one attached hydrogen (secondary N) is 1. The van der Waals surface area contributed by atoms with Gasteiger partial charge in [0.25, 0.3) is 0 Å². The third-order valence-corrected chi connectivity index (χ3v) is 4.10. The van der Waals surface area contributed by atoms with Gasteiger partial charge in [-0.2, -0.15) is 0 Å². The molecule has 0 bridgehead atoms. The van der Waals surface area contributed by atoms with Crippen LogP contribution in [-0.2, 0) is 14.8 Å². The summed E-state index contributed by atoms with van der Waals surface area (Å²) in [7, 11) is -3.75. The lowest BCUT2D eigenvalue weighted by Crippen LogP contribution is -2.28. The lowest BCUT2D eigenvalue weighted by atomic mass is 10.1. The average Bonchev–Trinajstić information content (AvgIpc) is 2.37. The zero-order valence-corrected chi connectivity index (χ0v) is 12.9. The standard InChI is InChI=1S/C14H19NO5S/c1-10(2)9-20-7-6-15-21(18,19)12-5-4-11(3)13(8-12)14(16)17/h4-5,8,15H,1,6-7,9H2,2-3H3,(H,16,17). The van der Waals surface area contributed by atoms with Gasteiger partial charge in [0.15, 0.2) is 0 Å². The van der Waals surface area contributed by atoms with E-state index in [0.29, 0.717) is 12.2 Å². The van der Waals surface area contributed by atoms with Crippen molar-refractivity contribution in [1.82, 2.24) is 4.72 Å². The van der Waals surface area contributed by atoms with E-state index in [4.69, 9.17) is 9.84 Å². The van der Waals surface area contributed by atoms with Crippen molar-refractivity contribution in [3.63, 3.8) is 0 Å². The molecule has 21 heavy (non-hydrogen) atoms. The Kier molecular flexibility index (Phi) is 6.07. The maximum atomic E-state index is 12.0. The minimum atomic E-state index is -3.75. The van der Waals surface area contributed by atoms with E-state index in [0.717, 1.165) is 11.6 Å². The Morgan fingerprint density at radius 2 is 2.10 bits per heavy atom. The Balaban J connectivity index is 2.72. The summed E-state index contributed by atoms with van der Waals surface area (Å²) >= 11 is 0. The van der Waals surface area contributed by atoms with Crippen LogP contribution in [0.25, 0.3) is 0 Å². The van der Waals surface area contributed by atoms with Crippen LogP contribution in [0, 0.1) is 6.92 Å². The van der Waals surface area contributed by atoms with E-state index in [1.807, 2.05) is 6.92 Å². The molecule has 0 spiro atoms. The van der Waals surface area contributed by atoms with Crippen molar-refractivity contribution in [1.29, 1.82) is 0 Å². The van der Waals surface area contributed by atoms with Gasteiger partial charge in [0.1, 0.15) is 0 Å². The summed E-state index contributed by atoms with van der Waals surface area (Å²) in [6.45, 7) is 7.77. The summed E-state index contributed by atoms with van der Waals surface area (Å²) in [5.41, 5.74) is 1.32. The lowest BCUT2D eigenvalue weighted by molar-refractivity contribution is 0.0696. The maximum absolute atomic E-state index is 12.0. The van der Waals surface area contributed by atoms with Gasteiger partial charge in [-0.05, 0) is 31.5 Å². The molecule has 1 aromatic rings. The number of aromatic carboxylic acids is 1. The summed E-state index contributed by atoms with van der Waals surface area (Å²) in [4.78, 5) is 10.9. The molecule has 0 unspecified atom stereocenters. The number of ether oxygens (including phenoxy) is 1. The number of carboxylic acids is 1. The van der Waals surface area contributed by atoms with Crippen molar-refractivity contribution in [2.75, 3.05) is 19.8 Å². The average molecular weight is 313 g/mol. The van der Waals surface area contributed by atoms with Crippen LogP contribution < -0.4 is 4.72 Å². The largest absolute Gasteiger partial charge is 0.478 e. The molecule has 2 N–H and O–H groups in total. The fraction of sp³-hybridized carbons (Fsp3) is 0.357. The van der Waals surface area contributed by atoms with Crippen LogP contribution >= 0.6 is 0 Å². The van der Waals surface area contributed by atoms with Crippen LogP contribution in [0.4, 0.5) is 0 Å². The van der Waals surface area contributed by atoms with Crippen molar-refractivity contribution < 1.29 is 23.1 Å². The van der Waals surface area contributed by atoms with Crippen molar-refractivity contribution >= 4 is 16.0 Å². The van der Waals surface area contributed by atoms with Crippen LogP contribution in [0.2, 0.25) is 0 Å². The maximum Gasteiger partial charge on any atom is 0.335 e. The number of carboxylic acid groups (broad SMARTS) is 1. The van der Waals surface area contributed by atoms with Crippen molar-refractivity contribution in [3.05, 3.63) is 41.5 Å². The third kappa shape index (κ3) is 5.30. The smallest absolute Gasteiger partial charge is 0.335 e. The molecule has 0 aromatic heterocycles. The second-order valence-corrected chi connectivity index (χ2v) is 6.46. The van der Waals surface area contributed by atoms with Crippen LogP contribution in [0.1, 0.15) is 22.8 Å². The molecule has 0 amide bonds. The van der Waals surface area contributed by atoms with Gasteiger partial charge in [-0.25, -0.2) is 17.9 Å². The Morgan fingerprint density at radius 1 is 1.43 bits per heavy atom. The molecule has 0 aliphatic heterocycles. The van der Waals surface area contributed by atoms with Gasteiger partial charge in [0, 0.05) is 6.54 Å². The molecule has 6 nitrogen and oxygen atoms in total. The quantitative estimate of drug-likeness (QED) is 0.561. The molecule has 0 saturated heterocycles. The molecular weight excluding hydrogens is 294 g/mol. The fourth-order valence-corrected chi connectivity index (χ4v) is 2.62. The fourth-order valence-electron chi connectivity index (χ4n) is 1.58. The Labute approximate surface area is 124 Å². The Hall–Kier alpha value is -1.70. The van der Waals surface area contributed by atoms with Gasteiger partial charge in [0.2, 0.25) is 10.0 Å². The van der Waals surface area contributed by atoms with E-state index < -0.39 is 16.0 Å². The third-order valence-electron chi connectivity index (χ3n) is 2.64. The van der Waals surface area contributed by atoms with E-state index in [-0.39, 0.29) is 23.6 Å². The molecule has 7 heteroatoms. The van der Waals surface area contributed by atoms with Gasteiger partial charge >= 0.3 is 5.97 Å². The molecule has 0 saturated carbocycles. The van der Waals surface area contributed by atoms with Crippen LogP contribution in [-0.4, -0.2) is 39.3 Å². The highest BCUT2D eigenvalue weighted by Gasteiger charge is 2.17. The van der Waals surface area contributed by atoms with Gasteiger partial charge in [-0.1, -0.05) is 18.2 Å². The highest BCUT2D eigenvalue weighted by molar-refractivity contribution is 7.89. The number of rotatable bonds is 8. The second-order valence-electron chi connectivity index (χ2n) is 4.69. The van der Waals surface area contributed by atoms with Gasteiger partial charge in [-0.15, -0.1) is 0 Å². The summed E-state index contributed by atoms with van der Waals surface area (Å²) in [6.07, 6.45) is 0. The van der Waals surface area contributed by atoms with Crippen molar-refractivity contribution in [3.8, 4) is 0 Å². The molecule has 116 valence electrons. The van der Waals surface area contributed by atoms with E-state index in [1.165, 1.54) is 12.1 Å². The van der Waals surface area contributed by atoms with Crippen molar-refractivity contribution in [2.45, 2.75) is 18.7 Å². The molecule has 0 fully saturated rings. The lowest BCUT2D eigenvalue weighted by Gasteiger charge is -2.09. The van der Waals surface area contributed by atoms with Crippen molar-refractivity contribution in [2.24, 2.45) is 0 Å². The molecule has 1 aromatic carbocycles. The van der Waals surface area contributed by atoms with E-state index in [9.17, 15) is 13.2 Å². The summed E-state index contributed by atoms with van der Waals surface area (Å²) in [5.74, 6) is -1.16. The number of sulfonamides is 1. The normalized spacial score (nSPS) is 11.3. The van der Waals surface area contributed by atoms with Crippen LogP contribution in [0.15, 0.2) is 35.2 Å². The van der Waals surface area contributed by atoms with Gasteiger partial charge < -0.3 is 9.84 Å². The van der Waals surface area contributed by atoms with Crippen LogP contribution in [0.5, 0.6) is 0 Å². The summed E-state index contributed by atoms with van der Waals surface area (Å²) in [6, 6.07) is 3.99. The molecule has 0 atom stereocenters. The number of hydrogen-bond donors (Lipinski definition) is 2. The summed E-state index contributed by atoms with van der Waals surface area (Å²) < 4.78 is 31.6. The van der Waals surface area contributed by atoms with E-state index in [1.54, 1.807) is 6.92 Å². The molecule has 0 aliphatic carbocycles. The van der Waals surface area contributed by atoms with E-state index >= 15 is 0 Å². The first kappa shape index (κ1) is 17.4. The predicted octanol–water partition coefficient (Wildman–Crippen LogP) is 1.56. The van der Waals surface area contributed by atoms with Gasteiger partial charge in [0.05, 0.1) is 23.7 Å². The SMILES string of the molecule is C=C(C)COCCNS(=O)(=O)c1ccc(C)c(C(=O)O)c1. The highest BCUT2D eigenvalue weighted by Crippen LogP contribution is 2.15.